The van der Waals surface area contributed by atoms with Gasteiger partial charge >= 0.3 is 0 Å². The third-order valence-electron chi connectivity index (χ3n) is 3.58. The number of hydrogen-bond acceptors (Lipinski definition) is 4. The number of rotatable bonds is 4. The van der Waals surface area contributed by atoms with Crippen LogP contribution >= 0.6 is 0 Å². The molecule has 108 valence electrons. The van der Waals surface area contributed by atoms with Crippen LogP contribution in [0.1, 0.15) is 23.7 Å². The number of benzene rings is 2. The first-order valence-electron chi connectivity index (χ1n) is 6.81. The second-order valence-corrected chi connectivity index (χ2v) is 4.84. The number of oxime groups is 1. The number of ether oxygens (including phenoxy) is 2. The first-order valence-corrected chi connectivity index (χ1v) is 6.81. The van der Waals surface area contributed by atoms with Gasteiger partial charge in [0.05, 0.1) is 19.9 Å². The zero-order valence-corrected chi connectivity index (χ0v) is 12.1. The summed E-state index contributed by atoms with van der Waals surface area (Å²) in [6.45, 7) is 0. The Hall–Kier alpha value is -2.49. The Morgan fingerprint density at radius 1 is 0.905 bits per heavy atom. The highest BCUT2D eigenvalue weighted by atomic mass is 16.6. The van der Waals surface area contributed by atoms with E-state index in [0.717, 1.165) is 34.8 Å². The third kappa shape index (κ3) is 2.84. The molecule has 2 aromatic rings. The van der Waals surface area contributed by atoms with Crippen molar-refractivity contribution in [2.75, 3.05) is 14.2 Å². The fraction of sp³-hybridized carbons (Fsp3) is 0.235. The molecule has 0 amide bonds. The summed E-state index contributed by atoms with van der Waals surface area (Å²) in [4.78, 5) is 5.55. The summed E-state index contributed by atoms with van der Waals surface area (Å²) in [5, 5.41) is 4.21. The van der Waals surface area contributed by atoms with Crippen LogP contribution in [0.25, 0.3) is 0 Å². The normalized spacial score (nSPS) is 17.0. The van der Waals surface area contributed by atoms with Gasteiger partial charge in [0, 0.05) is 6.42 Å². The van der Waals surface area contributed by atoms with E-state index in [0.29, 0.717) is 0 Å². The Kier molecular flexibility index (Phi) is 3.77. The van der Waals surface area contributed by atoms with Crippen LogP contribution in [0.3, 0.4) is 0 Å². The Morgan fingerprint density at radius 3 is 2.05 bits per heavy atom. The van der Waals surface area contributed by atoms with Crippen molar-refractivity contribution >= 4 is 5.71 Å². The molecule has 4 heteroatoms. The minimum absolute atomic E-state index is 0.0343. The Balaban J connectivity index is 1.71. The van der Waals surface area contributed by atoms with Crippen LogP contribution < -0.4 is 9.47 Å². The summed E-state index contributed by atoms with van der Waals surface area (Å²) in [5.41, 5.74) is 3.12. The first-order chi connectivity index (χ1) is 10.3. The van der Waals surface area contributed by atoms with Crippen LogP contribution in [0.2, 0.25) is 0 Å². The molecular weight excluding hydrogens is 266 g/mol. The third-order valence-corrected chi connectivity index (χ3v) is 3.58. The molecule has 21 heavy (non-hydrogen) atoms. The molecule has 1 aliphatic rings. The number of nitrogens with zero attached hydrogens (tertiary/aromatic N) is 1. The molecule has 4 nitrogen and oxygen atoms in total. The van der Waals surface area contributed by atoms with Gasteiger partial charge in [-0.15, -0.1) is 0 Å². The highest BCUT2D eigenvalue weighted by Gasteiger charge is 2.23. The average molecular weight is 283 g/mol. The average Bonchev–Trinajstić information content (AvgIpc) is 3.05. The van der Waals surface area contributed by atoms with Crippen LogP contribution in [0, 0.1) is 0 Å². The summed E-state index contributed by atoms with van der Waals surface area (Å²) >= 11 is 0. The monoisotopic (exact) mass is 283 g/mol. The van der Waals surface area contributed by atoms with E-state index in [4.69, 9.17) is 14.3 Å². The Bertz CT molecular complexity index is 632. The van der Waals surface area contributed by atoms with Gasteiger partial charge in [-0.1, -0.05) is 17.3 Å². The molecule has 2 aromatic carbocycles. The predicted octanol–water partition coefficient (Wildman–Crippen LogP) is 3.57. The van der Waals surface area contributed by atoms with Crippen molar-refractivity contribution in [2.24, 2.45) is 5.16 Å². The second-order valence-electron chi connectivity index (χ2n) is 4.84. The zero-order chi connectivity index (χ0) is 14.7. The lowest BCUT2D eigenvalue weighted by Crippen LogP contribution is -2.01. The molecule has 0 saturated carbocycles. The minimum Gasteiger partial charge on any atom is -0.497 e. The summed E-state index contributed by atoms with van der Waals surface area (Å²) in [5.74, 6) is 1.68. The molecule has 1 heterocycles. The van der Waals surface area contributed by atoms with E-state index in [1.54, 1.807) is 14.2 Å². The molecule has 0 radical (unpaired) electrons. The van der Waals surface area contributed by atoms with Gasteiger partial charge in [-0.3, -0.25) is 0 Å². The van der Waals surface area contributed by atoms with Gasteiger partial charge in [0.15, 0.2) is 6.10 Å². The summed E-state index contributed by atoms with van der Waals surface area (Å²) < 4.78 is 10.3. The number of methoxy groups -OCH3 is 2. The molecule has 1 atom stereocenters. The smallest absolute Gasteiger partial charge is 0.158 e. The van der Waals surface area contributed by atoms with Crippen molar-refractivity contribution in [3.63, 3.8) is 0 Å². The van der Waals surface area contributed by atoms with Crippen LogP contribution in [0.4, 0.5) is 0 Å². The van der Waals surface area contributed by atoms with Gasteiger partial charge in [-0.05, 0) is 47.5 Å². The highest BCUT2D eigenvalue weighted by Crippen LogP contribution is 2.30. The summed E-state index contributed by atoms with van der Waals surface area (Å²) in [6.07, 6.45) is 0.728. The van der Waals surface area contributed by atoms with Gasteiger partial charge in [-0.25, -0.2) is 0 Å². The topological polar surface area (TPSA) is 40.0 Å². The van der Waals surface area contributed by atoms with Crippen molar-refractivity contribution in [3.05, 3.63) is 59.7 Å². The molecule has 1 aliphatic heterocycles. The van der Waals surface area contributed by atoms with E-state index in [1.807, 2.05) is 48.5 Å². The van der Waals surface area contributed by atoms with E-state index >= 15 is 0 Å². The van der Waals surface area contributed by atoms with Crippen molar-refractivity contribution < 1.29 is 14.3 Å². The van der Waals surface area contributed by atoms with Crippen LogP contribution in [-0.2, 0) is 4.84 Å². The Labute approximate surface area is 123 Å². The highest BCUT2D eigenvalue weighted by molar-refractivity contribution is 6.01. The molecule has 0 aromatic heterocycles. The van der Waals surface area contributed by atoms with Crippen molar-refractivity contribution in [2.45, 2.75) is 12.5 Å². The quantitative estimate of drug-likeness (QED) is 0.861. The van der Waals surface area contributed by atoms with Gasteiger partial charge in [0.2, 0.25) is 0 Å². The first kappa shape index (κ1) is 13.5. The van der Waals surface area contributed by atoms with Crippen LogP contribution in [0.15, 0.2) is 53.7 Å². The van der Waals surface area contributed by atoms with Gasteiger partial charge in [0.25, 0.3) is 0 Å². The van der Waals surface area contributed by atoms with Crippen LogP contribution in [-0.4, -0.2) is 19.9 Å². The van der Waals surface area contributed by atoms with Crippen molar-refractivity contribution in [1.82, 2.24) is 0 Å². The fourth-order valence-corrected chi connectivity index (χ4v) is 2.33. The van der Waals surface area contributed by atoms with Crippen molar-refractivity contribution in [1.29, 1.82) is 0 Å². The molecule has 0 aliphatic carbocycles. The molecule has 0 saturated heterocycles. The minimum atomic E-state index is -0.0343. The zero-order valence-electron chi connectivity index (χ0n) is 12.1. The standard InChI is InChI=1S/C17H17NO3/c1-19-14-7-3-12(4-8-14)16-11-17(21-18-16)13-5-9-15(20-2)10-6-13/h3-10,17H,11H2,1-2H3. The predicted molar refractivity (Wildman–Crippen MR) is 81.0 cm³/mol. The summed E-state index contributed by atoms with van der Waals surface area (Å²) in [7, 11) is 3.32. The molecule has 0 bridgehead atoms. The lowest BCUT2D eigenvalue weighted by Gasteiger charge is -2.09. The fourth-order valence-electron chi connectivity index (χ4n) is 2.33. The second kappa shape index (κ2) is 5.87. The van der Waals surface area contributed by atoms with Crippen LogP contribution in [0.5, 0.6) is 11.5 Å². The molecule has 3 rings (SSSR count). The lowest BCUT2D eigenvalue weighted by atomic mass is 10.0. The maximum Gasteiger partial charge on any atom is 0.158 e. The Morgan fingerprint density at radius 2 is 1.48 bits per heavy atom. The van der Waals surface area contributed by atoms with E-state index in [2.05, 4.69) is 5.16 Å². The number of hydrogen-bond donors (Lipinski definition) is 0. The maximum absolute atomic E-state index is 5.55. The maximum atomic E-state index is 5.55. The molecule has 0 N–H and O–H groups in total. The molecule has 0 fully saturated rings. The van der Waals surface area contributed by atoms with E-state index in [1.165, 1.54) is 0 Å². The van der Waals surface area contributed by atoms with Gasteiger partial charge < -0.3 is 14.3 Å². The van der Waals surface area contributed by atoms with E-state index in [-0.39, 0.29) is 6.10 Å². The summed E-state index contributed by atoms with van der Waals surface area (Å²) in [6, 6.07) is 15.7. The SMILES string of the molecule is COc1ccc(C2=NOC(c3ccc(OC)cc3)C2)cc1. The largest absolute Gasteiger partial charge is 0.497 e. The van der Waals surface area contributed by atoms with E-state index < -0.39 is 0 Å². The van der Waals surface area contributed by atoms with Gasteiger partial charge in [0.1, 0.15) is 11.5 Å². The molecule has 1 unspecified atom stereocenters. The molecular formula is C17H17NO3. The van der Waals surface area contributed by atoms with Crippen molar-refractivity contribution in [3.8, 4) is 11.5 Å². The van der Waals surface area contributed by atoms with E-state index in [9.17, 15) is 0 Å². The van der Waals surface area contributed by atoms with Gasteiger partial charge in [-0.2, -0.15) is 0 Å². The lowest BCUT2D eigenvalue weighted by molar-refractivity contribution is 0.0857. The molecule has 0 spiro atoms.